The van der Waals surface area contributed by atoms with E-state index in [0.717, 1.165) is 5.69 Å². The number of anilines is 2. The van der Waals surface area contributed by atoms with E-state index in [9.17, 15) is 4.39 Å². The van der Waals surface area contributed by atoms with E-state index in [1.54, 1.807) is 42.5 Å². The van der Waals surface area contributed by atoms with Gasteiger partial charge in [0.1, 0.15) is 12.1 Å². The summed E-state index contributed by atoms with van der Waals surface area (Å²) in [5.41, 5.74) is 1.33. The largest absolute Gasteiger partial charge is 0.332 e. The molecule has 24 heavy (non-hydrogen) atoms. The zero-order valence-electron chi connectivity index (χ0n) is 12.4. The molecule has 122 valence electrons. The predicted molar refractivity (Wildman–Crippen MR) is 96.8 cm³/mol. The third-order valence-electron chi connectivity index (χ3n) is 3.15. The Labute approximate surface area is 148 Å². The molecule has 3 aromatic rings. The molecule has 0 aliphatic rings. The van der Waals surface area contributed by atoms with E-state index < -0.39 is 0 Å². The van der Waals surface area contributed by atoms with Gasteiger partial charge in [-0.2, -0.15) is 0 Å². The highest BCUT2D eigenvalue weighted by Crippen LogP contribution is 2.14. The van der Waals surface area contributed by atoms with E-state index in [2.05, 4.69) is 20.7 Å². The summed E-state index contributed by atoms with van der Waals surface area (Å²) in [7, 11) is 0. The molecule has 0 atom stereocenters. The van der Waals surface area contributed by atoms with Crippen molar-refractivity contribution in [1.29, 1.82) is 0 Å². The molecule has 2 aromatic carbocycles. The van der Waals surface area contributed by atoms with Crippen LogP contribution in [0.1, 0.15) is 5.56 Å². The number of thiocarbonyl (C=S) groups is 1. The van der Waals surface area contributed by atoms with E-state index in [4.69, 9.17) is 23.8 Å². The van der Waals surface area contributed by atoms with Crippen molar-refractivity contribution in [3.63, 3.8) is 0 Å². The van der Waals surface area contributed by atoms with Crippen molar-refractivity contribution in [1.82, 2.24) is 14.8 Å². The minimum atomic E-state index is -0.276. The second-order valence-electron chi connectivity index (χ2n) is 4.94. The molecule has 3 rings (SSSR count). The Bertz CT molecular complexity index is 850. The topological polar surface area (TPSA) is 54.8 Å². The summed E-state index contributed by atoms with van der Waals surface area (Å²) in [6, 6.07) is 13.7. The normalized spacial score (nSPS) is 10.4. The van der Waals surface area contributed by atoms with Crippen LogP contribution in [0.5, 0.6) is 0 Å². The third kappa shape index (κ3) is 4.27. The second-order valence-corrected chi connectivity index (χ2v) is 5.79. The Hall–Kier alpha value is -2.51. The van der Waals surface area contributed by atoms with E-state index in [1.165, 1.54) is 17.1 Å². The maximum Gasteiger partial charge on any atom is 0.248 e. The lowest BCUT2D eigenvalue weighted by molar-refractivity contribution is 0.585. The van der Waals surface area contributed by atoms with E-state index in [-0.39, 0.29) is 5.82 Å². The van der Waals surface area contributed by atoms with Gasteiger partial charge in [-0.25, -0.2) is 14.1 Å². The summed E-state index contributed by atoms with van der Waals surface area (Å²) in [6.07, 6.45) is 1.51. The number of nitrogens with one attached hydrogen (secondary N) is 2. The van der Waals surface area contributed by atoms with Crippen LogP contribution < -0.4 is 10.6 Å². The third-order valence-corrected chi connectivity index (χ3v) is 3.61. The minimum absolute atomic E-state index is 0.276. The lowest BCUT2D eigenvalue weighted by Gasteiger charge is -2.07. The standard InChI is InChI=1S/C16H13ClFN5S/c17-12-5-7-13(8-6-12)20-16(24)21-15-19-10-23(22-15)9-11-3-1-2-4-14(11)18/h1-8,10H,9H2,(H2,20,21,22,24). The Morgan fingerprint density at radius 3 is 2.62 bits per heavy atom. The van der Waals surface area contributed by atoms with Crippen LogP contribution >= 0.6 is 23.8 Å². The smallest absolute Gasteiger partial charge is 0.248 e. The number of aromatic nitrogens is 3. The molecule has 8 heteroatoms. The maximum atomic E-state index is 13.6. The summed E-state index contributed by atoms with van der Waals surface area (Å²) in [5, 5.41) is 11.1. The highest BCUT2D eigenvalue weighted by atomic mass is 35.5. The Morgan fingerprint density at radius 1 is 1.12 bits per heavy atom. The van der Waals surface area contributed by atoms with Crippen molar-refractivity contribution in [2.45, 2.75) is 6.54 Å². The predicted octanol–water partition coefficient (Wildman–Crippen LogP) is 3.93. The number of benzene rings is 2. The van der Waals surface area contributed by atoms with E-state index >= 15 is 0 Å². The van der Waals surface area contributed by atoms with Gasteiger partial charge in [0.25, 0.3) is 0 Å². The van der Waals surface area contributed by atoms with Crippen molar-refractivity contribution in [3.8, 4) is 0 Å². The number of rotatable bonds is 4. The molecule has 0 spiro atoms. The fourth-order valence-electron chi connectivity index (χ4n) is 2.03. The van der Waals surface area contributed by atoms with Crippen molar-refractivity contribution in [3.05, 3.63) is 71.3 Å². The fraction of sp³-hybridized carbons (Fsp3) is 0.0625. The molecule has 2 N–H and O–H groups in total. The van der Waals surface area contributed by atoms with Crippen molar-refractivity contribution < 1.29 is 4.39 Å². The van der Waals surface area contributed by atoms with Gasteiger partial charge in [-0.3, -0.25) is 5.32 Å². The molecule has 0 saturated carbocycles. The molecule has 0 saturated heterocycles. The molecule has 5 nitrogen and oxygen atoms in total. The maximum absolute atomic E-state index is 13.6. The van der Waals surface area contributed by atoms with Crippen LogP contribution in [0.25, 0.3) is 0 Å². The van der Waals surface area contributed by atoms with Crippen LogP contribution in [0.15, 0.2) is 54.9 Å². The van der Waals surface area contributed by atoms with Gasteiger partial charge in [-0.1, -0.05) is 29.8 Å². The summed E-state index contributed by atoms with van der Waals surface area (Å²) in [4.78, 5) is 4.11. The number of hydrogen-bond acceptors (Lipinski definition) is 3. The first-order valence-electron chi connectivity index (χ1n) is 7.06. The minimum Gasteiger partial charge on any atom is -0.332 e. The molecular weight excluding hydrogens is 349 g/mol. The van der Waals surface area contributed by atoms with Crippen molar-refractivity contribution >= 4 is 40.6 Å². The van der Waals surface area contributed by atoms with Crippen LogP contribution in [-0.4, -0.2) is 19.9 Å². The Balaban J connectivity index is 1.60. The van der Waals surface area contributed by atoms with E-state index in [1.807, 2.05) is 0 Å². The highest BCUT2D eigenvalue weighted by molar-refractivity contribution is 7.80. The van der Waals surface area contributed by atoms with Crippen LogP contribution in [-0.2, 0) is 6.54 Å². The van der Waals surface area contributed by atoms with Crippen LogP contribution in [0.2, 0.25) is 5.02 Å². The van der Waals surface area contributed by atoms with Crippen LogP contribution in [0, 0.1) is 5.82 Å². The Kier molecular flexibility index (Phi) is 5.02. The molecule has 0 aliphatic heterocycles. The van der Waals surface area contributed by atoms with E-state index in [0.29, 0.717) is 28.2 Å². The zero-order valence-corrected chi connectivity index (χ0v) is 14.0. The summed E-state index contributed by atoms with van der Waals surface area (Å²) >= 11 is 11.0. The quantitative estimate of drug-likeness (QED) is 0.690. The average molecular weight is 362 g/mol. The van der Waals surface area contributed by atoms with Crippen molar-refractivity contribution in [2.75, 3.05) is 10.6 Å². The summed E-state index contributed by atoms with van der Waals surface area (Å²) in [5.74, 6) is 0.0558. The van der Waals surface area contributed by atoms with Gasteiger partial charge in [-0.05, 0) is 42.5 Å². The molecular formula is C16H13ClFN5S. The van der Waals surface area contributed by atoms with Crippen LogP contribution in [0.4, 0.5) is 16.0 Å². The average Bonchev–Trinajstić information content (AvgIpc) is 2.99. The summed E-state index contributed by atoms with van der Waals surface area (Å²) < 4.78 is 15.2. The van der Waals surface area contributed by atoms with Gasteiger partial charge in [0.05, 0.1) is 6.54 Å². The van der Waals surface area contributed by atoms with Gasteiger partial charge >= 0.3 is 0 Å². The zero-order chi connectivity index (χ0) is 16.9. The van der Waals surface area contributed by atoms with Crippen LogP contribution in [0.3, 0.4) is 0 Å². The number of nitrogens with zero attached hydrogens (tertiary/aromatic N) is 3. The van der Waals surface area contributed by atoms with Crippen molar-refractivity contribution in [2.24, 2.45) is 0 Å². The van der Waals surface area contributed by atoms with Gasteiger partial charge < -0.3 is 5.32 Å². The molecule has 1 heterocycles. The molecule has 1 aromatic heterocycles. The summed E-state index contributed by atoms with van der Waals surface area (Å²) in [6.45, 7) is 0.290. The monoisotopic (exact) mass is 361 g/mol. The first kappa shape index (κ1) is 16.4. The number of hydrogen-bond donors (Lipinski definition) is 2. The second kappa shape index (κ2) is 7.37. The Morgan fingerprint density at radius 2 is 1.88 bits per heavy atom. The fourth-order valence-corrected chi connectivity index (χ4v) is 2.36. The molecule has 0 fully saturated rings. The van der Waals surface area contributed by atoms with Gasteiger partial charge in [-0.15, -0.1) is 5.10 Å². The van der Waals surface area contributed by atoms with Gasteiger partial charge in [0.15, 0.2) is 5.11 Å². The molecule has 0 aliphatic carbocycles. The first-order valence-corrected chi connectivity index (χ1v) is 7.85. The molecule has 0 amide bonds. The molecule has 0 unspecified atom stereocenters. The SMILES string of the molecule is Fc1ccccc1Cn1cnc(NC(=S)Nc2ccc(Cl)cc2)n1. The highest BCUT2D eigenvalue weighted by Gasteiger charge is 2.06. The first-order chi connectivity index (χ1) is 11.6. The lowest BCUT2D eigenvalue weighted by Crippen LogP contribution is -2.20. The molecule has 0 bridgehead atoms. The lowest BCUT2D eigenvalue weighted by atomic mass is 10.2. The molecule has 0 radical (unpaired) electrons. The number of halogens is 2. The van der Waals surface area contributed by atoms with Gasteiger partial charge in [0.2, 0.25) is 5.95 Å². The van der Waals surface area contributed by atoms with Gasteiger partial charge in [0, 0.05) is 16.3 Å².